The Kier molecular flexibility index (Phi) is 7.19. The third kappa shape index (κ3) is 5.71. The lowest BCUT2D eigenvalue weighted by Gasteiger charge is -2.35. The van der Waals surface area contributed by atoms with Crippen molar-refractivity contribution in [3.63, 3.8) is 0 Å². The number of hydrogen-bond acceptors (Lipinski definition) is 5. The quantitative estimate of drug-likeness (QED) is 0.713. The third-order valence-electron chi connectivity index (χ3n) is 5.55. The monoisotopic (exact) mass is 441 g/mol. The molecule has 0 aliphatic carbocycles. The van der Waals surface area contributed by atoms with Crippen LogP contribution in [0.5, 0.6) is 0 Å². The number of likely N-dealkylation sites (tertiary alicyclic amines) is 1. The first-order chi connectivity index (χ1) is 13.8. The molecular formula is C20H28ClN3O4S. The molecule has 1 aromatic carbocycles. The van der Waals surface area contributed by atoms with E-state index < -0.39 is 9.84 Å². The molecule has 0 bridgehead atoms. The van der Waals surface area contributed by atoms with Crippen molar-refractivity contribution in [2.75, 3.05) is 52.1 Å². The minimum atomic E-state index is -3.51. The van der Waals surface area contributed by atoms with E-state index in [1.54, 1.807) is 11.0 Å². The van der Waals surface area contributed by atoms with Gasteiger partial charge in [-0.15, -0.1) is 0 Å². The van der Waals surface area contributed by atoms with Crippen molar-refractivity contribution in [3.05, 3.63) is 28.8 Å². The molecule has 2 heterocycles. The Balaban J connectivity index is 1.56. The molecule has 0 N–H and O–H groups in total. The van der Waals surface area contributed by atoms with Crippen molar-refractivity contribution in [2.45, 2.75) is 30.6 Å². The van der Waals surface area contributed by atoms with Gasteiger partial charge in [-0.2, -0.15) is 0 Å². The second kappa shape index (κ2) is 9.45. The number of hydrogen-bond donors (Lipinski definition) is 0. The van der Waals surface area contributed by atoms with Crippen LogP contribution in [-0.4, -0.2) is 87.0 Å². The number of halogens is 1. The summed E-state index contributed by atoms with van der Waals surface area (Å²) in [5, 5.41) is 0.112. The summed E-state index contributed by atoms with van der Waals surface area (Å²) in [6.45, 7) is 4.33. The molecule has 3 rings (SSSR count). The number of nitrogens with zero attached hydrogens (tertiary/aromatic N) is 3. The van der Waals surface area contributed by atoms with E-state index in [2.05, 4.69) is 4.90 Å². The number of carbonyl (C=O) groups is 2. The Morgan fingerprint density at radius 2 is 1.55 bits per heavy atom. The largest absolute Gasteiger partial charge is 0.342 e. The van der Waals surface area contributed by atoms with Crippen LogP contribution in [0.1, 0.15) is 36.0 Å². The molecule has 2 aliphatic heterocycles. The van der Waals surface area contributed by atoms with Crippen LogP contribution in [0.15, 0.2) is 23.1 Å². The van der Waals surface area contributed by atoms with Crippen molar-refractivity contribution in [1.82, 2.24) is 14.7 Å². The van der Waals surface area contributed by atoms with Gasteiger partial charge in [0.25, 0.3) is 5.91 Å². The Morgan fingerprint density at radius 3 is 2.14 bits per heavy atom. The van der Waals surface area contributed by atoms with Crippen molar-refractivity contribution in [1.29, 1.82) is 0 Å². The minimum Gasteiger partial charge on any atom is -0.342 e. The summed E-state index contributed by atoms with van der Waals surface area (Å²) in [5.41, 5.74) is 0.309. The van der Waals surface area contributed by atoms with Gasteiger partial charge in [-0.3, -0.25) is 14.5 Å². The maximum atomic E-state index is 12.8. The van der Waals surface area contributed by atoms with Gasteiger partial charge in [0.2, 0.25) is 5.91 Å². The topological polar surface area (TPSA) is 78.0 Å². The first-order valence-corrected chi connectivity index (χ1v) is 12.3. The van der Waals surface area contributed by atoms with Crippen molar-refractivity contribution in [3.8, 4) is 0 Å². The van der Waals surface area contributed by atoms with Gasteiger partial charge in [0.05, 0.1) is 16.5 Å². The standard InChI is InChI=1S/C20H28ClN3O4S/c1-29(27,28)18-14-16(6-7-17(18)21)20(26)24-12-10-22(11-13-24)15-19(25)23-8-4-2-3-5-9-23/h6-7,14H,2-5,8-13,15H2,1H3. The lowest BCUT2D eigenvalue weighted by Crippen LogP contribution is -2.51. The van der Waals surface area contributed by atoms with Crippen LogP contribution in [-0.2, 0) is 14.6 Å². The molecule has 2 aliphatic rings. The molecule has 0 atom stereocenters. The maximum absolute atomic E-state index is 12.8. The van der Waals surface area contributed by atoms with E-state index in [-0.39, 0.29) is 21.7 Å². The molecule has 0 aromatic heterocycles. The van der Waals surface area contributed by atoms with E-state index >= 15 is 0 Å². The fourth-order valence-electron chi connectivity index (χ4n) is 3.82. The van der Waals surface area contributed by atoms with Gasteiger partial charge >= 0.3 is 0 Å². The predicted molar refractivity (Wildman–Crippen MR) is 112 cm³/mol. The lowest BCUT2D eigenvalue weighted by molar-refractivity contribution is -0.132. The van der Waals surface area contributed by atoms with Gasteiger partial charge in [-0.1, -0.05) is 24.4 Å². The minimum absolute atomic E-state index is 0.0355. The molecule has 9 heteroatoms. The van der Waals surface area contributed by atoms with Crippen molar-refractivity contribution >= 4 is 33.3 Å². The van der Waals surface area contributed by atoms with Crippen LogP contribution in [0.3, 0.4) is 0 Å². The number of amides is 2. The average molecular weight is 442 g/mol. The van der Waals surface area contributed by atoms with Crippen LogP contribution < -0.4 is 0 Å². The zero-order valence-electron chi connectivity index (χ0n) is 16.8. The Morgan fingerprint density at radius 1 is 0.931 bits per heavy atom. The van der Waals surface area contributed by atoms with Gasteiger partial charge in [0.15, 0.2) is 9.84 Å². The highest BCUT2D eigenvalue weighted by atomic mass is 35.5. The molecule has 2 amide bonds. The summed E-state index contributed by atoms with van der Waals surface area (Å²) >= 11 is 5.97. The first-order valence-electron chi connectivity index (χ1n) is 10.0. The van der Waals surface area contributed by atoms with Crippen molar-refractivity contribution in [2.24, 2.45) is 0 Å². The summed E-state index contributed by atoms with van der Waals surface area (Å²) in [4.78, 5) is 31.1. The van der Waals surface area contributed by atoms with Gasteiger partial charge in [-0.05, 0) is 31.0 Å². The number of sulfone groups is 1. The molecule has 29 heavy (non-hydrogen) atoms. The van der Waals surface area contributed by atoms with E-state index in [1.807, 2.05) is 4.90 Å². The van der Waals surface area contributed by atoms with Crippen LogP contribution >= 0.6 is 11.6 Å². The number of rotatable bonds is 4. The van der Waals surface area contributed by atoms with E-state index in [1.165, 1.54) is 25.0 Å². The average Bonchev–Trinajstić information content (AvgIpc) is 2.97. The molecule has 0 spiro atoms. The molecule has 160 valence electrons. The van der Waals surface area contributed by atoms with E-state index in [4.69, 9.17) is 11.6 Å². The molecule has 0 saturated carbocycles. The van der Waals surface area contributed by atoms with Crippen molar-refractivity contribution < 1.29 is 18.0 Å². The van der Waals surface area contributed by atoms with Gasteiger partial charge in [0, 0.05) is 51.1 Å². The Hall–Kier alpha value is -1.64. The zero-order valence-corrected chi connectivity index (χ0v) is 18.3. The zero-order chi connectivity index (χ0) is 21.0. The van der Waals surface area contributed by atoms with Crippen LogP contribution in [0.4, 0.5) is 0 Å². The number of piperazine rings is 1. The maximum Gasteiger partial charge on any atom is 0.253 e. The van der Waals surface area contributed by atoms with Crippen LogP contribution in [0.25, 0.3) is 0 Å². The van der Waals surface area contributed by atoms with Gasteiger partial charge in [0.1, 0.15) is 0 Å². The fraction of sp³-hybridized carbons (Fsp3) is 0.600. The smallest absolute Gasteiger partial charge is 0.253 e. The van der Waals surface area contributed by atoms with E-state index in [9.17, 15) is 18.0 Å². The second-order valence-corrected chi connectivity index (χ2v) is 10.2. The highest BCUT2D eigenvalue weighted by Gasteiger charge is 2.26. The number of carbonyl (C=O) groups excluding carboxylic acids is 2. The second-order valence-electron chi connectivity index (χ2n) is 7.78. The van der Waals surface area contributed by atoms with Gasteiger partial charge < -0.3 is 9.80 Å². The van der Waals surface area contributed by atoms with Crippen LogP contribution in [0, 0.1) is 0 Å². The third-order valence-corrected chi connectivity index (χ3v) is 7.13. The Bertz CT molecular complexity index is 858. The molecule has 2 saturated heterocycles. The van der Waals surface area contributed by atoms with E-state index in [0.29, 0.717) is 38.3 Å². The lowest BCUT2D eigenvalue weighted by atomic mass is 10.2. The molecule has 0 unspecified atom stereocenters. The summed E-state index contributed by atoms with van der Waals surface area (Å²) in [5.74, 6) is -0.0489. The number of benzene rings is 1. The van der Waals surface area contributed by atoms with E-state index in [0.717, 1.165) is 32.2 Å². The predicted octanol–water partition coefficient (Wildman–Crippen LogP) is 1.90. The Labute approximate surface area is 177 Å². The SMILES string of the molecule is CS(=O)(=O)c1cc(C(=O)N2CCN(CC(=O)N3CCCCCC3)CC2)ccc1Cl. The van der Waals surface area contributed by atoms with Crippen LogP contribution in [0.2, 0.25) is 5.02 Å². The fourth-order valence-corrected chi connectivity index (χ4v) is 5.12. The highest BCUT2D eigenvalue weighted by Crippen LogP contribution is 2.23. The first kappa shape index (κ1) is 22.1. The summed E-state index contributed by atoms with van der Waals surface area (Å²) < 4.78 is 23.7. The molecule has 0 radical (unpaired) electrons. The molecular weight excluding hydrogens is 414 g/mol. The van der Waals surface area contributed by atoms with Gasteiger partial charge in [-0.25, -0.2) is 8.42 Å². The normalized spacial score (nSPS) is 19.1. The highest BCUT2D eigenvalue weighted by molar-refractivity contribution is 7.90. The summed E-state index contributed by atoms with van der Waals surface area (Å²) in [6.07, 6.45) is 5.60. The molecule has 2 fully saturated rings. The summed E-state index contributed by atoms with van der Waals surface area (Å²) in [7, 11) is -3.51. The summed E-state index contributed by atoms with van der Waals surface area (Å²) in [6, 6.07) is 4.34. The molecule has 1 aromatic rings. The molecule has 7 nitrogen and oxygen atoms in total.